The number of aromatic nitrogens is 2. The molecule has 0 spiro atoms. The Hall–Kier alpha value is -2.14. The summed E-state index contributed by atoms with van der Waals surface area (Å²) in [6, 6.07) is 9.38. The van der Waals surface area contributed by atoms with Crippen molar-refractivity contribution < 1.29 is 9.53 Å². The van der Waals surface area contributed by atoms with E-state index in [0.717, 1.165) is 17.8 Å². The monoisotopic (exact) mass is 301 g/mol. The van der Waals surface area contributed by atoms with Crippen molar-refractivity contribution in [3.63, 3.8) is 0 Å². The average molecular weight is 301 g/mol. The van der Waals surface area contributed by atoms with Crippen molar-refractivity contribution in [1.29, 1.82) is 0 Å². The van der Waals surface area contributed by atoms with E-state index < -0.39 is 0 Å². The van der Waals surface area contributed by atoms with Gasteiger partial charge in [0.05, 0.1) is 11.8 Å². The van der Waals surface area contributed by atoms with Crippen LogP contribution in [0.3, 0.4) is 0 Å². The summed E-state index contributed by atoms with van der Waals surface area (Å²) in [6.45, 7) is 7.27. The van der Waals surface area contributed by atoms with Gasteiger partial charge in [0.15, 0.2) is 0 Å². The molecular formula is C17H23N3O2. The molecule has 22 heavy (non-hydrogen) atoms. The van der Waals surface area contributed by atoms with Crippen LogP contribution in [0.1, 0.15) is 36.3 Å². The van der Waals surface area contributed by atoms with Crippen molar-refractivity contribution in [1.82, 2.24) is 15.1 Å². The molecule has 0 unspecified atom stereocenters. The van der Waals surface area contributed by atoms with E-state index in [1.807, 2.05) is 55.8 Å². The van der Waals surface area contributed by atoms with E-state index in [1.54, 1.807) is 6.20 Å². The van der Waals surface area contributed by atoms with E-state index in [-0.39, 0.29) is 12.0 Å². The van der Waals surface area contributed by atoms with E-state index in [9.17, 15) is 4.79 Å². The molecule has 2 rings (SSSR count). The van der Waals surface area contributed by atoms with Crippen LogP contribution >= 0.6 is 0 Å². The van der Waals surface area contributed by atoms with Crippen LogP contribution in [0, 0.1) is 6.92 Å². The second-order valence-corrected chi connectivity index (χ2v) is 5.46. The molecule has 1 aromatic heterocycles. The molecule has 0 saturated carbocycles. The topological polar surface area (TPSA) is 56.2 Å². The van der Waals surface area contributed by atoms with Crippen LogP contribution in [0.15, 0.2) is 36.5 Å². The molecule has 0 atom stereocenters. The van der Waals surface area contributed by atoms with Gasteiger partial charge < -0.3 is 10.1 Å². The van der Waals surface area contributed by atoms with Crippen LogP contribution in [-0.2, 0) is 4.74 Å². The average Bonchev–Trinajstić information content (AvgIpc) is 2.92. The number of amides is 1. The molecule has 1 aromatic carbocycles. The summed E-state index contributed by atoms with van der Waals surface area (Å²) in [5.74, 6) is -0.0618. The number of aryl methyl sites for hydroxylation is 1. The van der Waals surface area contributed by atoms with E-state index in [1.165, 1.54) is 0 Å². The first kappa shape index (κ1) is 16.2. The molecule has 0 saturated heterocycles. The Morgan fingerprint density at radius 1 is 1.27 bits per heavy atom. The van der Waals surface area contributed by atoms with Crippen molar-refractivity contribution in [3.8, 4) is 5.69 Å². The first-order valence-corrected chi connectivity index (χ1v) is 7.59. The highest BCUT2D eigenvalue weighted by atomic mass is 16.5. The smallest absolute Gasteiger partial charge is 0.251 e. The summed E-state index contributed by atoms with van der Waals surface area (Å²) in [6.07, 6.45) is 2.80. The predicted octanol–water partition coefficient (Wildman–Crippen LogP) is 2.73. The summed E-state index contributed by atoms with van der Waals surface area (Å²) < 4.78 is 7.27. The maximum atomic E-state index is 12.0. The molecule has 0 radical (unpaired) electrons. The van der Waals surface area contributed by atoms with Gasteiger partial charge in [-0.15, -0.1) is 0 Å². The van der Waals surface area contributed by atoms with E-state index in [0.29, 0.717) is 18.7 Å². The van der Waals surface area contributed by atoms with Crippen LogP contribution in [0.25, 0.3) is 5.69 Å². The Bertz CT molecular complexity index is 603. The van der Waals surface area contributed by atoms with Crippen molar-refractivity contribution in [2.45, 2.75) is 33.3 Å². The van der Waals surface area contributed by atoms with Gasteiger partial charge >= 0.3 is 0 Å². The standard InChI is InChI=1S/C17H23N3O2/c1-13(2)22-12-4-10-18-17(21)15-5-7-16(8-6-15)20-14(3)9-11-19-20/h5-9,11,13H,4,10,12H2,1-3H3,(H,18,21). The Morgan fingerprint density at radius 2 is 2.00 bits per heavy atom. The van der Waals surface area contributed by atoms with Gasteiger partial charge in [0.2, 0.25) is 0 Å². The second-order valence-electron chi connectivity index (χ2n) is 5.46. The number of benzene rings is 1. The van der Waals surface area contributed by atoms with E-state index in [2.05, 4.69) is 10.4 Å². The number of hydrogen-bond acceptors (Lipinski definition) is 3. The zero-order valence-corrected chi connectivity index (χ0v) is 13.4. The third-order valence-electron chi connectivity index (χ3n) is 3.26. The first-order valence-electron chi connectivity index (χ1n) is 7.59. The van der Waals surface area contributed by atoms with Crippen LogP contribution in [0.5, 0.6) is 0 Å². The summed E-state index contributed by atoms with van der Waals surface area (Å²) in [4.78, 5) is 12.0. The lowest BCUT2D eigenvalue weighted by atomic mass is 10.2. The number of carbonyl (C=O) groups is 1. The SMILES string of the molecule is Cc1ccnn1-c1ccc(C(=O)NCCCOC(C)C)cc1. The number of rotatable bonds is 7. The van der Waals surface area contributed by atoms with Gasteiger partial charge in [-0.3, -0.25) is 4.79 Å². The normalized spacial score (nSPS) is 10.9. The van der Waals surface area contributed by atoms with Gasteiger partial charge in [-0.2, -0.15) is 5.10 Å². The molecule has 1 amide bonds. The minimum atomic E-state index is -0.0618. The third-order valence-corrected chi connectivity index (χ3v) is 3.26. The highest BCUT2D eigenvalue weighted by Crippen LogP contribution is 2.11. The fraction of sp³-hybridized carbons (Fsp3) is 0.412. The molecule has 0 aliphatic carbocycles. The fourth-order valence-corrected chi connectivity index (χ4v) is 2.09. The number of ether oxygens (including phenoxy) is 1. The third kappa shape index (κ3) is 4.43. The van der Waals surface area contributed by atoms with E-state index >= 15 is 0 Å². The van der Waals surface area contributed by atoms with Gasteiger partial charge in [-0.1, -0.05) is 0 Å². The quantitative estimate of drug-likeness (QED) is 0.800. The molecule has 1 N–H and O–H groups in total. The van der Waals surface area contributed by atoms with Crippen molar-refractivity contribution in [2.24, 2.45) is 0 Å². The molecule has 0 aliphatic heterocycles. The number of carbonyl (C=O) groups excluding carboxylic acids is 1. The highest BCUT2D eigenvalue weighted by Gasteiger charge is 2.06. The maximum Gasteiger partial charge on any atom is 0.251 e. The summed E-state index contributed by atoms with van der Waals surface area (Å²) in [7, 11) is 0. The number of hydrogen-bond donors (Lipinski definition) is 1. The summed E-state index contributed by atoms with van der Waals surface area (Å²) in [5, 5.41) is 7.14. The zero-order valence-electron chi connectivity index (χ0n) is 13.4. The predicted molar refractivity (Wildman–Crippen MR) is 86.3 cm³/mol. The Morgan fingerprint density at radius 3 is 2.59 bits per heavy atom. The molecule has 1 heterocycles. The summed E-state index contributed by atoms with van der Waals surface area (Å²) >= 11 is 0. The minimum Gasteiger partial charge on any atom is -0.379 e. The molecule has 0 fully saturated rings. The minimum absolute atomic E-state index is 0.0618. The number of nitrogens with zero attached hydrogens (tertiary/aromatic N) is 2. The van der Waals surface area contributed by atoms with Crippen LogP contribution < -0.4 is 5.32 Å². The van der Waals surface area contributed by atoms with Gasteiger partial charge in [0.1, 0.15) is 0 Å². The second kappa shape index (κ2) is 7.75. The molecule has 5 nitrogen and oxygen atoms in total. The first-order chi connectivity index (χ1) is 10.6. The molecule has 118 valence electrons. The van der Waals surface area contributed by atoms with Crippen LogP contribution in [0.2, 0.25) is 0 Å². The Kier molecular flexibility index (Phi) is 5.72. The van der Waals surface area contributed by atoms with Crippen molar-refractivity contribution in [3.05, 3.63) is 47.8 Å². The molecule has 0 aliphatic rings. The lowest BCUT2D eigenvalue weighted by Crippen LogP contribution is -2.25. The number of nitrogens with one attached hydrogen (secondary N) is 1. The van der Waals surface area contributed by atoms with Gasteiger partial charge in [0, 0.05) is 30.6 Å². The maximum absolute atomic E-state index is 12.0. The molecule has 5 heteroatoms. The summed E-state index contributed by atoms with van der Waals surface area (Å²) in [5.41, 5.74) is 2.66. The fourth-order valence-electron chi connectivity index (χ4n) is 2.09. The van der Waals surface area contributed by atoms with Gasteiger partial charge in [-0.25, -0.2) is 4.68 Å². The van der Waals surface area contributed by atoms with Crippen LogP contribution in [0.4, 0.5) is 0 Å². The van der Waals surface area contributed by atoms with Gasteiger partial charge in [0.25, 0.3) is 5.91 Å². The van der Waals surface area contributed by atoms with Crippen molar-refractivity contribution >= 4 is 5.91 Å². The lowest BCUT2D eigenvalue weighted by molar-refractivity contribution is 0.0757. The zero-order chi connectivity index (χ0) is 15.9. The largest absolute Gasteiger partial charge is 0.379 e. The van der Waals surface area contributed by atoms with E-state index in [4.69, 9.17) is 4.74 Å². The lowest BCUT2D eigenvalue weighted by Gasteiger charge is -2.09. The molecule has 2 aromatic rings. The highest BCUT2D eigenvalue weighted by molar-refractivity contribution is 5.94. The Labute approximate surface area is 131 Å². The van der Waals surface area contributed by atoms with Gasteiger partial charge in [-0.05, 0) is 57.5 Å². The van der Waals surface area contributed by atoms with Crippen molar-refractivity contribution in [2.75, 3.05) is 13.2 Å². The Balaban J connectivity index is 1.85. The van der Waals surface area contributed by atoms with Crippen LogP contribution in [-0.4, -0.2) is 34.9 Å². The molecular weight excluding hydrogens is 278 g/mol. The molecule has 0 bridgehead atoms.